The minimum absolute atomic E-state index is 0.223. The van der Waals surface area contributed by atoms with Crippen LogP contribution < -0.4 is 4.90 Å². The number of fused-ring (bicyclic) bond motifs is 1. The van der Waals surface area contributed by atoms with Crippen molar-refractivity contribution in [3.8, 4) is 0 Å². The van der Waals surface area contributed by atoms with Crippen molar-refractivity contribution in [2.75, 3.05) is 18.5 Å². The highest BCUT2D eigenvalue weighted by molar-refractivity contribution is 9.10. The predicted molar refractivity (Wildman–Crippen MR) is 77.0 cm³/mol. The normalized spacial score (nSPS) is 10.5. The van der Waals surface area contributed by atoms with E-state index in [1.165, 1.54) is 11.9 Å². The monoisotopic (exact) mass is 339 g/mol. The summed E-state index contributed by atoms with van der Waals surface area (Å²) in [6.45, 7) is -0.341. The van der Waals surface area contributed by atoms with Gasteiger partial charge < -0.3 is 10.0 Å². The van der Waals surface area contributed by atoms with Crippen LogP contribution in [-0.4, -0.2) is 34.6 Å². The van der Waals surface area contributed by atoms with Crippen molar-refractivity contribution in [1.29, 1.82) is 0 Å². The van der Waals surface area contributed by atoms with Crippen molar-refractivity contribution < 1.29 is 14.8 Å². The molecule has 7 nitrogen and oxygen atoms in total. The summed E-state index contributed by atoms with van der Waals surface area (Å²) in [7, 11) is 1.50. The molecule has 0 aliphatic rings. The fourth-order valence-electron chi connectivity index (χ4n) is 1.96. The van der Waals surface area contributed by atoms with Gasteiger partial charge in [0.25, 0.3) is 0 Å². The first-order valence-electron chi connectivity index (χ1n) is 5.55. The Balaban J connectivity index is 2.73. The molecule has 0 aliphatic carbocycles. The van der Waals surface area contributed by atoms with Gasteiger partial charge in [0.2, 0.25) is 0 Å². The molecule has 8 heteroatoms. The summed E-state index contributed by atoms with van der Waals surface area (Å²) >= 11 is 3.30. The summed E-state index contributed by atoms with van der Waals surface area (Å²) in [6, 6.07) is 5.16. The second kappa shape index (κ2) is 5.41. The lowest BCUT2D eigenvalue weighted by Crippen LogP contribution is -2.26. The second-order valence-corrected chi connectivity index (χ2v) is 5.08. The molecule has 2 aromatic rings. The smallest absolute Gasteiger partial charge is 0.323 e. The molecule has 1 heterocycles. The zero-order valence-corrected chi connectivity index (χ0v) is 12.0. The Bertz CT molecular complexity index is 704. The number of anilines is 1. The van der Waals surface area contributed by atoms with E-state index in [0.29, 0.717) is 10.9 Å². The highest BCUT2D eigenvalue weighted by Crippen LogP contribution is 2.35. The van der Waals surface area contributed by atoms with Gasteiger partial charge in [0.05, 0.1) is 10.4 Å². The molecule has 0 spiro atoms. The molecule has 104 valence electrons. The predicted octanol–water partition coefficient (Wildman–Crippen LogP) is 2.43. The van der Waals surface area contributed by atoms with Crippen LogP contribution in [0.1, 0.15) is 0 Å². The Morgan fingerprint density at radius 3 is 2.85 bits per heavy atom. The van der Waals surface area contributed by atoms with E-state index in [1.54, 1.807) is 18.2 Å². The summed E-state index contributed by atoms with van der Waals surface area (Å²) < 4.78 is 0.734. The average Bonchev–Trinajstić information content (AvgIpc) is 2.35. The minimum Gasteiger partial charge on any atom is -0.480 e. The number of likely N-dealkylation sites (N-methyl/N-ethyl adjacent to an activating group) is 1. The number of benzene rings is 1. The number of hydrogen-bond donors (Lipinski definition) is 1. The van der Waals surface area contributed by atoms with E-state index in [1.807, 2.05) is 0 Å². The number of halogens is 1. The van der Waals surface area contributed by atoms with Gasteiger partial charge in [-0.2, -0.15) is 0 Å². The summed E-state index contributed by atoms with van der Waals surface area (Å²) in [5.74, 6) is -1.07. The summed E-state index contributed by atoms with van der Waals surface area (Å²) in [6.07, 6.45) is 1.14. The van der Waals surface area contributed by atoms with Crippen LogP contribution in [-0.2, 0) is 4.79 Å². The number of aromatic nitrogens is 1. The van der Waals surface area contributed by atoms with Crippen molar-refractivity contribution in [2.45, 2.75) is 0 Å². The molecule has 0 saturated carbocycles. The maximum absolute atomic E-state index is 11.1. The minimum atomic E-state index is -1.07. The lowest BCUT2D eigenvalue weighted by atomic mass is 10.1. The Morgan fingerprint density at radius 2 is 2.25 bits per heavy atom. The first kappa shape index (κ1) is 14.2. The van der Waals surface area contributed by atoms with Gasteiger partial charge in [-0.3, -0.25) is 14.9 Å². The van der Waals surface area contributed by atoms with E-state index in [2.05, 4.69) is 20.9 Å². The number of carbonyl (C=O) groups is 1. The molecule has 2 rings (SSSR count). The molecular weight excluding hydrogens is 330 g/mol. The molecular formula is C12H10BrN3O4. The van der Waals surface area contributed by atoms with Gasteiger partial charge in [-0.1, -0.05) is 15.9 Å². The number of carboxylic acid groups (broad SMARTS) is 1. The maximum Gasteiger partial charge on any atom is 0.323 e. The van der Waals surface area contributed by atoms with Crippen molar-refractivity contribution in [3.05, 3.63) is 39.0 Å². The van der Waals surface area contributed by atoms with Gasteiger partial charge in [0.1, 0.15) is 18.4 Å². The molecule has 0 radical (unpaired) electrons. The molecule has 0 unspecified atom stereocenters. The number of hydrogen-bond acceptors (Lipinski definition) is 5. The van der Waals surface area contributed by atoms with Gasteiger partial charge in [-0.25, -0.2) is 4.98 Å². The van der Waals surface area contributed by atoms with E-state index in [9.17, 15) is 14.9 Å². The second-order valence-electron chi connectivity index (χ2n) is 4.16. The number of nitro groups is 1. The summed E-state index contributed by atoms with van der Waals surface area (Å²) in [4.78, 5) is 26.7. The fourth-order valence-corrected chi connectivity index (χ4v) is 2.32. The van der Waals surface area contributed by atoms with Crippen LogP contribution in [0.25, 0.3) is 10.9 Å². The zero-order chi connectivity index (χ0) is 14.9. The van der Waals surface area contributed by atoms with Crippen molar-refractivity contribution in [2.24, 2.45) is 0 Å². The third-order valence-corrected chi connectivity index (χ3v) is 3.23. The van der Waals surface area contributed by atoms with E-state index in [4.69, 9.17) is 5.11 Å². The Labute approximate surface area is 122 Å². The number of pyridine rings is 1. The Hall–Kier alpha value is -2.22. The molecule has 0 bridgehead atoms. The summed E-state index contributed by atoms with van der Waals surface area (Å²) in [5, 5.41) is 20.5. The van der Waals surface area contributed by atoms with Gasteiger partial charge in [0, 0.05) is 16.9 Å². The van der Waals surface area contributed by atoms with Crippen molar-refractivity contribution >= 4 is 44.2 Å². The third kappa shape index (κ3) is 2.69. The summed E-state index contributed by atoms with van der Waals surface area (Å²) in [5.41, 5.74) is 0.578. The van der Waals surface area contributed by atoms with Crippen LogP contribution in [0.3, 0.4) is 0 Å². The SMILES string of the molecule is CN(CC(=O)O)c1c([N+](=O)[O-])cnc2ccc(Br)cc12. The molecule has 1 aromatic heterocycles. The molecule has 1 aromatic carbocycles. The van der Waals surface area contributed by atoms with Gasteiger partial charge in [-0.15, -0.1) is 0 Å². The van der Waals surface area contributed by atoms with Crippen LogP contribution in [0.15, 0.2) is 28.9 Å². The molecule has 0 atom stereocenters. The lowest BCUT2D eigenvalue weighted by Gasteiger charge is -2.18. The van der Waals surface area contributed by atoms with Crippen LogP contribution in [0.5, 0.6) is 0 Å². The topological polar surface area (TPSA) is 96.6 Å². The molecule has 0 aliphatic heterocycles. The first-order chi connectivity index (χ1) is 9.40. The van der Waals surface area contributed by atoms with E-state index < -0.39 is 10.9 Å². The average molecular weight is 340 g/mol. The van der Waals surface area contributed by atoms with Gasteiger partial charge in [0.15, 0.2) is 0 Å². The number of rotatable bonds is 4. The molecule has 20 heavy (non-hydrogen) atoms. The fraction of sp³-hybridized carbons (Fsp3) is 0.167. The number of aliphatic carboxylic acids is 1. The van der Waals surface area contributed by atoms with Crippen molar-refractivity contribution in [3.63, 3.8) is 0 Å². The largest absolute Gasteiger partial charge is 0.480 e. The maximum atomic E-state index is 11.1. The Morgan fingerprint density at radius 1 is 1.55 bits per heavy atom. The highest BCUT2D eigenvalue weighted by Gasteiger charge is 2.22. The zero-order valence-electron chi connectivity index (χ0n) is 10.4. The quantitative estimate of drug-likeness (QED) is 0.678. The van der Waals surface area contributed by atoms with Crippen LogP contribution in [0.4, 0.5) is 11.4 Å². The third-order valence-electron chi connectivity index (χ3n) is 2.73. The van der Waals surface area contributed by atoms with E-state index in [0.717, 1.165) is 10.7 Å². The van der Waals surface area contributed by atoms with Crippen LogP contribution in [0, 0.1) is 10.1 Å². The molecule has 0 amide bonds. The highest BCUT2D eigenvalue weighted by atomic mass is 79.9. The van der Waals surface area contributed by atoms with Crippen molar-refractivity contribution in [1.82, 2.24) is 4.98 Å². The standard InChI is InChI=1S/C12H10BrN3O4/c1-15(6-11(17)18)12-8-4-7(13)2-3-9(8)14-5-10(12)16(19)20/h2-5H,6H2,1H3,(H,17,18). The molecule has 1 N–H and O–H groups in total. The van der Waals surface area contributed by atoms with E-state index in [-0.39, 0.29) is 17.9 Å². The lowest BCUT2D eigenvalue weighted by molar-refractivity contribution is -0.384. The first-order valence-corrected chi connectivity index (χ1v) is 6.35. The van der Waals surface area contributed by atoms with E-state index >= 15 is 0 Å². The van der Waals surface area contributed by atoms with Gasteiger partial charge in [-0.05, 0) is 18.2 Å². The molecule has 0 saturated heterocycles. The van der Waals surface area contributed by atoms with Crippen LogP contribution in [0.2, 0.25) is 0 Å². The number of nitrogens with zero attached hydrogens (tertiary/aromatic N) is 3. The molecule has 0 fully saturated rings. The Kier molecular flexibility index (Phi) is 3.84. The number of carboxylic acids is 1. The van der Waals surface area contributed by atoms with Crippen LogP contribution >= 0.6 is 15.9 Å². The van der Waals surface area contributed by atoms with Gasteiger partial charge >= 0.3 is 11.7 Å².